The lowest BCUT2D eigenvalue weighted by atomic mass is 10.2. The SMILES string of the molecule is Cn1cc(C(O)CCS(C)(=O)=O)cn1. The zero-order valence-corrected chi connectivity index (χ0v) is 9.03. The molecule has 1 aromatic rings. The Balaban J connectivity index is 2.55. The summed E-state index contributed by atoms with van der Waals surface area (Å²) in [5.74, 6) is -0.0109. The van der Waals surface area contributed by atoms with Gasteiger partial charge >= 0.3 is 0 Å². The molecule has 0 saturated carbocycles. The predicted molar refractivity (Wildman–Crippen MR) is 52.5 cm³/mol. The number of aliphatic hydroxyl groups excluding tert-OH is 1. The molecule has 0 radical (unpaired) electrons. The summed E-state index contributed by atoms with van der Waals surface area (Å²) in [5.41, 5.74) is 0.649. The highest BCUT2D eigenvalue weighted by molar-refractivity contribution is 7.90. The molecule has 1 rings (SSSR count). The van der Waals surface area contributed by atoms with Crippen LogP contribution in [0.3, 0.4) is 0 Å². The van der Waals surface area contributed by atoms with Crippen molar-refractivity contribution in [2.45, 2.75) is 12.5 Å². The first-order chi connectivity index (χ1) is 6.38. The van der Waals surface area contributed by atoms with Crippen molar-refractivity contribution >= 4 is 9.84 Å². The van der Waals surface area contributed by atoms with E-state index in [9.17, 15) is 13.5 Å². The van der Waals surface area contributed by atoms with Gasteiger partial charge in [0.15, 0.2) is 0 Å². The van der Waals surface area contributed by atoms with E-state index >= 15 is 0 Å². The minimum absolute atomic E-state index is 0.0109. The molecule has 0 saturated heterocycles. The summed E-state index contributed by atoms with van der Waals surface area (Å²) < 4.78 is 23.2. The molecule has 1 unspecified atom stereocenters. The number of sulfone groups is 1. The second-order valence-corrected chi connectivity index (χ2v) is 5.64. The van der Waals surface area contributed by atoms with Gasteiger partial charge in [0.2, 0.25) is 0 Å². The summed E-state index contributed by atoms with van der Waals surface area (Å²) in [6, 6.07) is 0. The normalized spacial score (nSPS) is 14.2. The Morgan fingerprint density at radius 2 is 2.29 bits per heavy atom. The van der Waals surface area contributed by atoms with Crippen LogP contribution >= 0.6 is 0 Å². The number of aryl methyl sites for hydroxylation is 1. The standard InChI is InChI=1S/C8H14N2O3S/c1-10-6-7(5-9-10)8(11)3-4-14(2,12)13/h5-6,8,11H,3-4H2,1-2H3. The van der Waals surface area contributed by atoms with Crippen molar-refractivity contribution in [1.82, 2.24) is 9.78 Å². The molecule has 0 aliphatic carbocycles. The average Bonchev–Trinajstić information content (AvgIpc) is 2.46. The molecule has 0 spiro atoms. The maximum atomic E-state index is 10.8. The third-order valence-corrected chi connectivity index (χ3v) is 2.85. The van der Waals surface area contributed by atoms with Crippen molar-refractivity contribution < 1.29 is 13.5 Å². The Hall–Kier alpha value is -0.880. The summed E-state index contributed by atoms with van der Waals surface area (Å²) >= 11 is 0. The Morgan fingerprint density at radius 3 is 2.71 bits per heavy atom. The Morgan fingerprint density at radius 1 is 1.64 bits per heavy atom. The maximum absolute atomic E-state index is 10.8. The topological polar surface area (TPSA) is 72.2 Å². The number of rotatable bonds is 4. The average molecular weight is 218 g/mol. The lowest BCUT2D eigenvalue weighted by Gasteiger charge is -2.06. The van der Waals surface area contributed by atoms with Gasteiger partial charge in [-0.1, -0.05) is 0 Å². The third kappa shape index (κ3) is 3.47. The molecule has 0 amide bonds. The minimum Gasteiger partial charge on any atom is -0.388 e. The molecule has 1 N–H and O–H groups in total. The predicted octanol–water partition coefficient (Wildman–Crippen LogP) is -0.112. The molecule has 1 aromatic heterocycles. The van der Waals surface area contributed by atoms with Crippen LogP contribution in [0.2, 0.25) is 0 Å². The smallest absolute Gasteiger partial charge is 0.147 e. The van der Waals surface area contributed by atoms with Crippen molar-refractivity contribution in [2.75, 3.05) is 12.0 Å². The van der Waals surface area contributed by atoms with Gasteiger partial charge in [-0.15, -0.1) is 0 Å². The molecule has 1 atom stereocenters. The molecule has 14 heavy (non-hydrogen) atoms. The first-order valence-electron chi connectivity index (χ1n) is 4.23. The van der Waals surface area contributed by atoms with E-state index in [2.05, 4.69) is 5.10 Å². The fourth-order valence-electron chi connectivity index (χ4n) is 1.10. The van der Waals surface area contributed by atoms with Crippen LogP contribution < -0.4 is 0 Å². The number of aliphatic hydroxyl groups is 1. The summed E-state index contributed by atoms with van der Waals surface area (Å²) in [6.45, 7) is 0. The van der Waals surface area contributed by atoms with Gasteiger partial charge in [0.1, 0.15) is 9.84 Å². The van der Waals surface area contributed by atoms with E-state index in [4.69, 9.17) is 0 Å². The monoisotopic (exact) mass is 218 g/mol. The van der Waals surface area contributed by atoms with Crippen LogP contribution in [0.5, 0.6) is 0 Å². The Bertz CT molecular complexity index is 396. The zero-order chi connectivity index (χ0) is 10.8. The van der Waals surface area contributed by atoms with Crippen molar-refractivity contribution in [1.29, 1.82) is 0 Å². The molecule has 0 aliphatic rings. The van der Waals surface area contributed by atoms with Crippen molar-refractivity contribution in [3.8, 4) is 0 Å². The van der Waals surface area contributed by atoms with Crippen LogP contribution in [0.15, 0.2) is 12.4 Å². The Kier molecular flexibility index (Phi) is 3.28. The Labute approximate surface area is 83.3 Å². The van der Waals surface area contributed by atoms with Gasteiger partial charge in [-0.05, 0) is 6.42 Å². The van der Waals surface area contributed by atoms with E-state index in [0.717, 1.165) is 6.26 Å². The van der Waals surface area contributed by atoms with E-state index in [1.807, 2.05) is 0 Å². The van der Waals surface area contributed by atoms with Gasteiger partial charge in [-0.3, -0.25) is 4.68 Å². The van der Waals surface area contributed by atoms with Crippen molar-refractivity contribution in [2.24, 2.45) is 7.05 Å². The summed E-state index contributed by atoms with van der Waals surface area (Å²) in [4.78, 5) is 0. The van der Waals surface area contributed by atoms with Crippen LogP contribution in [0.4, 0.5) is 0 Å². The number of hydrogen-bond acceptors (Lipinski definition) is 4. The highest BCUT2D eigenvalue weighted by Gasteiger charge is 2.12. The minimum atomic E-state index is -3.01. The van der Waals surface area contributed by atoms with Gasteiger partial charge < -0.3 is 5.11 Å². The largest absolute Gasteiger partial charge is 0.388 e. The number of hydrogen-bond donors (Lipinski definition) is 1. The van der Waals surface area contributed by atoms with Gasteiger partial charge in [-0.2, -0.15) is 5.10 Å². The fourth-order valence-corrected chi connectivity index (χ4v) is 1.76. The molecule has 80 valence electrons. The molecule has 5 nitrogen and oxygen atoms in total. The summed E-state index contributed by atoms with van der Waals surface area (Å²) in [5, 5.41) is 13.5. The fraction of sp³-hybridized carbons (Fsp3) is 0.625. The highest BCUT2D eigenvalue weighted by Crippen LogP contribution is 2.15. The second-order valence-electron chi connectivity index (χ2n) is 3.38. The lowest BCUT2D eigenvalue weighted by molar-refractivity contribution is 0.174. The van der Waals surface area contributed by atoms with Crippen molar-refractivity contribution in [3.05, 3.63) is 18.0 Å². The highest BCUT2D eigenvalue weighted by atomic mass is 32.2. The molecule has 0 fully saturated rings. The maximum Gasteiger partial charge on any atom is 0.147 e. The van der Waals surface area contributed by atoms with Gasteiger partial charge in [0.25, 0.3) is 0 Å². The van der Waals surface area contributed by atoms with Crippen LogP contribution in [0, 0.1) is 0 Å². The quantitative estimate of drug-likeness (QED) is 0.765. The molecule has 0 bridgehead atoms. The van der Waals surface area contributed by atoms with Crippen LogP contribution in [-0.4, -0.2) is 35.3 Å². The summed E-state index contributed by atoms with van der Waals surface area (Å²) in [7, 11) is -1.26. The zero-order valence-electron chi connectivity index (χ0n) is 8.21. The second kappa shape index (κ2) is 4.10. The first kappa shape index (κ1) is 11.2. The molecule has 0 aromatic carbocycles. The van der Waals surface area contributed by atoms with Gasteiger partial charge in [0.05, 0.1) is 18.1 Å². The van der Waals surface area contributed by atoms with E-state index in [1.54, 1.807) is 17.9 Å². The molecule has 6 heteroatoms. The molecular formula is C8H14N2O3S. The molecular weight excluding hydrogens is 204 g/mol. The van der Waals surface area contributed by atoms with E-state index in [0.29, 0.717) is 5.56 Å². The van der Waals surface area contributed by atoms with Crippen molar-refractivity contribution in [3.63, 3.8) is 0 Å². The van der Waals surface area contributed by atoms with E-state index < -0.39 is 15.9 Å². The first-order valence-corrected chi connectivity index (χ1v) is 6.29. The van der Waals surface area contributed by atoms with Crippen LogP contribution in [0.1, 0.15) is 18.1 Å². The van der Waals surface area contributed by atoms with E-state index in [-0.39, 0.29) is 12.2 Å². The van der Waals surface area contributed by atoms with E-state index in [1.165, 1.54) is 6.20 Å². The van der Waals surface area contributed by atoms with Crippen LogP contribution in [0.25, 0.3) is 0 Å². The summed E-state index contributed by atoms with van der Waals surface area (Å²) in [6.07, 6.45) is 3.83. The number of nitrogens with zero attached hydrogens (tertiary/aromatic N) is 2. The number of aromatic nitrogens is 2. The molecule has 1 heterocycles. The lowest BCUT2D eigenvalue weighted by Crippen LogP contribution is -2.07. The van der Waals surface area contributed by atoms with Gasteiger partial charge in [-0.25, -0.2) is 8.42 Å². The van der Waals surface area contributed by atoms with Gasteiger partial charge in [0, 0.05) is 25.1 Å². The van der Waals surface area contributed by atoms with Crippen LogP contribution in [-0.2, 0) is 16.9 Å². The third-order valence-electron chi connectivity index (χ3n) is 1.87. The molecule has 0 aliphatic heterocycles.